The Labute approximate surface area is 200 Å². The van der Waals surface area contributed by atoms with E-state index in [2.05, 4.69) is 39.5 Å². The predicted octanol–water partition coefficient (Wildman–Crippen LogP) is 6.50. The second-order valence-electron chi connectivity index (χ2n) is 7.96. The van der Waals surface area contributed by atoms with Crippen molar-refractivity contribution < 1.29 is 27.2 Å². The number of amides is 1. The van der Waals surface area contributed by atoms with E-state index >= 15 is 0 Å². The molecule has 0 saturated carbocycles. The number of rotatable bonds is 8. The molecule has 8 heteroatoms. The van der Waals surface area contributed by atoms with Crippen LogP contribution in [0.5, 0.6) is 5.75 Å². The number of halogens is 3. The molecule has 0 saturated heterocycles. The zero-order valence-electron chi connectivity index (χ0n) is 18.9. The number of nitrogens with one attached hydrogen (secondary N) is 1. The Morgan fingerprint density at radius 1 is 0.943 bits per heavy atom. The molecule has 0 radical (unpaired) electrons. The van der Waals surface area contributed by atoms with Gasteiger partial charge >= 0.3 is 6.36 Å². The Bertz CT molecular complexity index is 1220. The topological polar surface area (TPSA) is 64.4 Å². The van der Waals surface area contributed by atoms with E-state index in [0.29, 0.717) is 24.2 Å². The highest BCUT2D eigenvalue weighted by Gasteiger charge is 2.31. The van der Waals surface area contributed by atoms with Crippen LogP contribution < -0.4 is 10.1 Å². The van der Waals surface area contributed by atoms with Crippen LogP contribution in [0.1, 0.15) is 39.5 Å². The third kappa shape index (κ3) is 6.09. The van der Waals surface area contributed by atoms with Gasteiger partial charge in [0, 0.05) is 18.0 Å². The molecule has 5 nitrogen and oxygen atoms in total. The number of hydrogen-bond acceptors (Lipinski definition) is 4. The number of aromatic nitrogens is 1. The summed E-state index contributed by atoms with van der Waals surface area (Å²) in [5.41, 5.74) is 3.34. The van der Waals surface area contributed by atoms with Crippen molar-refractivity contribution >= 4 is 5.91 Å². The average Bonchev–Trinajstić information content (AvgIpc) is 3.24. The first-order valence-corrected chi connectivity index (χ1v) is 11.0. The second kappa shape index (κ2) is 10.5. The molecule has 0 aliphatic rings. The van der Waals surface area contributed by atoms with Crippen LogP contribution in [0.4, 0.5) is 13.2 Å². The molecular weight excluding hydrogens is 457 g/mol. The number of nitrogens with zero attached hydrogens (tertiary/aromatic N) is 1. The largest absolute Gasteiger partial charge is 0.573 e. The molecule has 35 heavy (non-hydrogen) atoms. The maximum absolute atomic E-state index is 13.0. The van der Waals surface area contributed by atoms with Gasteiger partial charge in [0.15, 0.2) is 5.76 Å². The van der Waals surface area contributed by atoms with Gasteiger partial charge in [0.2, 0.25) is 0 Å². The molecule has 0 atom stereocenters. The first-order chi connectivity index (χ1) is 16.8. The van der Waals surface area contributed by atoms with E-state index < -0.39 is 6.36 Å². The lowest BCUT2D eigenvalue weighted by Crippen LogP contribution is -2.26. The van der Waals surface area contributed by atoms with Crippen LogP contribution >= 0.6 is 0 Å². The Morgan fingerprint density at radius 2 is 1.51 bits per heavy atom. The molecule has 3 aromatic carbocycles. The first kappa shape index (κ1) is 24.1. The maximum atomic E-state index is 13.0. The Hall–Kier alpha value is -4.07. The summed E-state index contributed by atoms with van der Waals surface area (Å²) in [6, 6.07) is 25.2. The highest BCUT2D eigenvalue weighted by atomic mass is 19.4. The van der Waals surface area contributed by atoms with Crippen molar-refractivity contribution in [2.24, 2.45) is 0 Å². The van der Waals surface area contributed by atoms with Crippen molar-refractivity contribution in [3.8, 4) is 17.1 Å². The summed E-state index contributed by atoms with van der Waals surface area (Å²) in [6.07, 6.45) is -4.12. The van der Waals surface area contributed by atoms with Crippen molar-refractivity contribution in [2.45, 2.75) is 25.6 Å². The molecule has 0 spiro atoms. The van der Waals surface area contributed by atoms with E-state index in [9.17, 15) is 18.0 Å². The summed E-state index contributed by atoms with van der Waals surface area (Å²) in [5, 5.41) is 6.82. The number of hydrogen-bond donors (Lipinski definition) is 1. The number of aryl methyl sites for hydroxylation is 1. The normalized spacial score (nSPS) is 11.5. The lowest BCUT2D eigenvalue weighted by Gasteiger charge is -2.18. The van der Waals surface area contributed by atoms with Gasteiger partial charge in [0.25, 0.3) is 5.91 Å². The van der Waals surface area contributed by atoms with Crippen molar-refractivity contribution in [1.29, 1.82) is 0 Å². The third-order valence-corrected chi connectivity index (χ3v) is 5.56. The van der Waals surface area contributed by atoms with Crippen LogP contribution in [0.15, 0.2) is 89.5 Å². The van der Waals surface area contributed by atoms with Crippen molar-refractivity contribution in [3.05, 3.63) is 107 Å². The molecule has 4 rings (SSSR count). The molecule has 0 aliphatic heterocycles. The number of alkyl halides is 3. The summed E-state index contributed by atoms with van der Waals surface area (Å²) in [4.78, 5) is 13.0. The number of carbonyl (C=O) groups is 1. The minimum Gasteiger partial charge on any atom is -0.406 e. The quantitative estimate of drug-likeness (QED) is 0.313. The van der Waals surface area contributed by atoms with Gasteiger partial charge in [0.1, 0.15) is 11.3 Å². The van der Waals surface area contributed by atoms with E-state index in [-0.39, 0.29) is 28.9 Å². The van der Waals surface area contributed by atoms with Crippen molar-refractivity contribution in [3.63, 3.8) is 0 Å². The zero-order valence-corrected chi connectivity index (χ0v) is 18.9. The first-order valence-electron chi connectivity index (χ1n) is 11.0. The van der Waals surface area contributed by atoms with E-state index in [0.717, 1.165) is 23.3 Å². The lowest BCUT2D eigenvalue weighted by molar-refractivity contribution is -0.274. The van der Waals surface area contributed by atoms with Crippen LogP contribution in [0, 0.1) is 6.92 Å². The smallest absolute Gasteiger partial charge is 0.406 e. The molecular formula is C27H23F3N2O3. The van der Waals surface area contributed by atoms with Crippen LogP contribution in [-0.4, -0.2) is 24.0 Å². The summed E-state index contributed by atoms with van der Waals surface area (Å²) >= 11 is 0. The highest BCUT2D eigenvalue weighted by molar-refractivity contribution is 6.00. The summed E-state index contributed by atoms with van der Waals surface area (Å²) in [6.45, 7) is 2.04. The summed E-state index contributed by atoms with van der Waals surface area (Å²) < 4.78 is 46.5. The van der Waals surface area contributed by atoms with Gasteiger partial charge in [-0.25, -0.2) is 0 Å². The molecule has 0 aliphatic carbocycles. The van der Waals surface area contributed by atoms with Crippen LogP contribution in [-0.2, 0) is 0 Å². The molecule has 1 aromatic heterocycles. The molecule has 4 aromatic rings. The summed E-state index contributed by atoms with van der Waals surface area (Å²) in [7, 11) is 0. The van der Waals surface area contributed by atoms with Crippen LogP contribution in [0.2, 0.25) is 0 Å². The van der Waals surface area contributed by atoms with Gasteiger partial charge in [0.05, 0.1) is 5.69 Å². The third-order valence-electron chi connectivity index (χ3n) is 5.56. The fourth-order valence-corrected chi connectivity index (χ4v) is 3.96. The minimum absolute atomic E-state index is 0.0990. The molecule has 0 fully saturated rings. The lowest BCUT2D eigenvalue weighted by atomic mass is 9.88. The molecule has 1 heterocycles. The van der Waals surface area contributed by atoms with Gasteiger partial charge < -0.3 is 14.6 Å². The number of ether oxygens (including phenoxy) is 1. The predicted molar refractivity (Wildman–Crippen MR) is 125 cm³/mol. The number of carbonyl (C=O) groups excluding carboxylic acids is 1. The molecule has 1 amide bonds. The van der Waals surface area contributed by atoms with Gasteiger partial charge in [-0.3, -0.25) is 4.79 Å². The Kier molecular flexibility index (Phi) is 7.19. The van der Waals surface area contributed by atoms with Crippen molar-refractivity contribution in [1.82, 2.24) is 10.5 Å². The Morgan fingerprint density at radius 3 is 2.06 bits per heavy atom. The molecule has 0 bridgehead atoms. The standard InChI is InChI=1S/C27H23F3N2O3/c1-18-24(25(35-32-18)21-12-14-22(15-13-21)34-27(28,29)30)26(33)31-17-16-23(19-8-4-2-5-9-19)20-10-6-3-7-11-20/h2-15,23H,16-17H2,1H3,(H,31,33). The van der Waals surface area contributed by atoms with Gasteiger partial charge in [-0.05, 0) is 48.7 Å². The fourth-order valence-electron chi connectivity index (χ4n) is 3.96. The van der Waals surface area contributed by atoms with Gasteiger partial charge in [-0.15, -0.1) is 13.2 Å². The van der Waals surface area contributed by atoms with Crippen LogP contribution in [0.25, 0.3) is 11.3 Å². The average molecular weight is 480 g/mol. The maximum Gasteiger partial charge on any atom is 0.573 e. The zero-order chi connectivity index (χ0) is 24.8. The SMILES string of the molecule is Cc1noc(-c2ccc(OC(F)(F)F)cc2)c1C(=O)NCCC(c1ccccc1)c1ccccc1. The van der Waals surface area contributed by atoms with E-state index in [1.54, 1.807) is 6.92 Å². The molecule has 1 N–H and O–H groups in total. The van der Waals surface area contributed by atoms with E-state index in [4.69, 9.17) is 4.52 Å². The monoisotopic (exact) mass is 480 g/mol. The second-order valence-corrected chi connectivity index (χ2v) is 7.96. The fraction of sp³-hybridized carbons (Fsp3) is 0.185. The molecule has 0 unspecified atom stereocenters. The van der Waals surface area contributed by atoms with Gasteiger partial charge in [-0.2, -0.15) is 0 Å². The number of benzene rings is 3. The van der Waals surface area contributed by atoms with Crippen LogP contribution in [0.3, 0.4) is 0 Å². The summed E-state index contributed by atoms with van der Waals surface area (Å²) in [5.74, 6) is -0.450. The molecule has 180 valence electrons. The van der Waals surface area contributed by atoms with E-state index in [1.165, 1.54) is 12.1 Å². The minimum atomic E-state index is -4.78. The van der Waals surface area contributed by atoms with Crippen molar-refractivity contribution in [2.75, 3.05) is 6.54 Å². The Balaban J connectivity index is 1.47. The van der Waals surface area contributed by atoms with Gasteiger partial charge in [-0.1, -0.05) is 65.8 Å². The van der Waals surface area contributed by atoms with E-state index in [1.807, 2.05) is 36.4 Å². The highest BCUT2D eigenvalue weighted by Crippen LogP contribution is 2.30.